The Hall–Kier alpha value is -1.97. The third-order valence-corrected chi connectivity index (χ3v) is 2.57. The average molecular weight is 336 g/mol. The van der Waals surface area contributed by atoms with Gasteiger partial charge in [0.05, 0.1) is 6.61 Å². The minimum Gasteiger partial charge on any atom is -0.384 e. The molecule has 1 unspecified atom stereocenters. The molecule has 0 fully saturated rings. The summed E-state index contributed by atoms with van der Waals surface area (Å²) < 4.78 is 5.33. The zero-order valence-corrected chi connectivity index (χ0v) is 16.4. The van der Waals surface area contributed by atoms with Crippen LogP contribution in [0.4, 0.5) is 0 Å². The number of methoxy groups -OCH3 is 1. The zero-order chi connectivity index (χ0) is 19.8. The first kappa shape index (κ1) is 30.0. The molecule has 3 heteroatoms. The largest absolute Gasteiger partial charge is 0.384 e. The number of ether oxygens (including phenoxy) is 1. The molecule has 0 spiro atoms. The first-order valence-corrected chi connectivity index (χ1v) is 8.01. The Morgan fingerprint density at radius 2 is 1.58 bits per heavy atom. The smallest absolute Gasteiger partial charge is 0.106 e. The van der Waals surface area contributed by atoms with Gasteiger partial charge in [-0.25, -0.2) is 0 Å². The van der Waals surface area contributed by atoms with Crippen LogP contribution in [-0.4, -0.2) is 27.6 Å². The fraction of sp³-hybridized carbons (Fsp3) is 0.381. The van der Waals surface area contributed by atoms with Crippen LogP contribution in [0.5, 0.6) is 0 Å². The predicted octanol–water partition coefficient (Wildman–Crippen LogP) is 5.04. The summed E-state index contributed by atoms with van der Waals surface area (Å²) >= 11 is 0. The average Bonchev–Trinajstić information content (AvgIpc) is 2.66. The summed E-state index contributed by atoms with van der Waals surface area (Å²) in [6.45, 7) is 18.2. The van der Waals surface area contributed by atoms with Crippen LogP contribution in [0, 0.1) is 5.92 Å². The number of allylic oxidation sites excluding steroid dienone is 8. The Balaban J connectivity index is -0.000000297. The van der Waals surface area contributed by atoms with Gasteiger partial charge in [-0.2, -0.15) is 0 Å². The molecule has 0 radical (unpaired) electrons. The summed E-state index contributed by atoms with van der Waals surface area (Å²) in [4.78, 5) is 8.00. The number of hydrogen-bond donors (Lipinski definition) is 1. The highest BCUT2D eigenvalue weighted by molar-refractivity contribution is 5.37. The van der Waals surface area contributed by atoms with E-state index in [2.05, 4.69) is 31.0 Å². The van der Waals surface area contributed by atoms with Gasteiger partial charge in [-0.15, -0.1) is 0 Å². The van der Waals surface area contributed by atoms with Crippen molar-refractivity contribution in [2.24, 2.45) is 11.7 Å². The quantitative estimate of drug-likeness (QED) is 0.632. The SMILES string of the molecule is C=C/C=C\C(=C/C=C)C(COC)C(/C=C\C)=C/C.C=O.CC.CN. The topological polar surface area (TPSA) is 52.3 Å². The normalized spacial score (nSPS) is 12.1. The Labute approximate surface area is 150 Å². The fourth-order valence-corrected chi connectivity index (χ4v) is 1.76. The van der Waals surface area contributed by atoms with Crippen LogP contribution in [0.1, 0.15) is 27.7 Å². The molecule has 0 saturated heterocycles. The van der Waals surface area contributed by atoms with E-state index in [1.807, 2.05) is 58.8 Å². The highest BCUT2D eigenvalue weighted by Crippen LogP contribution is 2.23. The molecule has 2 N–H and O–H groups in total. The first-order chi connectivity index (χ1) is 11.7. The van der Waals surface area contributed by atoms with E-state index >= 15 is 0 Å². The predicted molar refractivity (Wildman–Crippen MR) is 110 cm³/mol. The summed E-state index contributed by atoms with van der Waals surface area (Å²) in [5, 5.41) is 0. The highest BCUT2D eigenvalue weighted by Gasteiger charge is 2.14. The van der Waals surface area contributed by atoms with Gasteiger partial charge in [0.2, 0.25) is 0 Å². The van der Waals surface area contributed by atoms with E-state index < -0.39 is 0 Å². The lowest BCUT2D eigenvalue weighted by Gasteiger charge is -2.19. The molecule has 0 aliphatic heterocycles. The van der Waals surface area contributed by atoms with Crippen molar-refractivity contribution < 1.29 is 9.53 Å². The summed E-state index contributed by atoms with van der Waals surface area (Å²) in [5.41, 5.74) is 6.90. The summed E-state index contributed by atoms with van der Waals surface area (Å²) in [6.07, 6.45) is 15.8. The second-order valence-corrected chi connectivity index (χ2v) is 3.79. The lowest BCUT2D eigenvalue weighted by Crippen LogP contribution is -2.12. The Bertz CT molecular complexity index is 391. The van der Waals surface area contributed by atoms with Crippen molar-refractivity contribution >= 4 is 6.79 Å². The van der Waals surface area contributed by atoms with E-state index in [4.69, 9.17) is 9.53 Å². The Morgan fingerprint density at radius 1 is 1.04 bits per heavy atom. The van der Waals surface area contributed by atoms with Crippen LogP contribution in [0.3, 0.4) is 0 Å². The molecule has 0 aliphatic carbocycles. The molecular weight excluding hydrogens is 298 g/mol. The van der Waals surface area contributed by atoms with Crippen molar-refractivity contribution in [2.75, 3.05) is 20.8 Å². The molecule has 138 valence electrons. The second kappa shape index (κ2) is 29.1. The van der Waals surface area contributed by atoms with E-state index in [1.165, 1.54) is 12.6 Å². The molecule has 24 heavy (non-hydrogen) atoms. The van der Waals surface area contributed by atoms with E-state index in [1.54, 1.807) is 19.3 Å². The molecule has 0 saturated carbocycles. The first-order valence-electron chi connectivity index (χ1n) is 8.01. The molecule has 0 aromatic carbocycles. The van der Waals surface area contributed by atoms with Gasteiger partial charge in [-0.05, 0) is 32.0 Å². The number of carbonyl (C=O) groups is 1. The van der Waals surface area contributed by atoms with Crippen molar-refractivity contribution in [3.8, 4) is 0 Å². The van der Waals surface area contributed by atoms with E-state index in [9.17, 15) is 0 Å². The minimum atomic E-state index is 0.213. The van der Waals surface area contributed by atoms with Gasteiger partial charge >= 0.3 is 0 Å². The molecule has 0 aliphatic rings. The Morgan fingerprint density at radius 3 is 1.92 bits per heavy atom. The second-order valence-electron chi connectivity index (χ2n) is 3.79. The monoisotopic (exact) mass is 335 g/mol. The van der Waals surface area contributed by atoms with Gasteiger partial charge in [0.1, 0.15) is 6.79 Å². The molecule has 0 amide bonds. The standard InChI is InChI=1S/C17H24O.C2H6.CH5N.CH2O/c1-6-10-13-16(12-8-3)17(14-18-5)15(9-4)11-7-2;3*1-2/h6-13,17H,1,3,14H2,2,4-5H3;1-2H3;2H2,1H3;1H2/b11-7-,13-10-,15-9+,16-12+;;;. The lowest BCUT2D eigenvalue weighted by molar-refractivity contribution is -0.0979. The van der Waals surface area contributed by atoms with Gasteiger partial charge in [-0.3, -0.25) is 0 Å². The molecular formula is C21H37NO2. The molecule has 0 aromatic heterocycles. The van der Waals surface area contributed by atoms with Crippen LogP contribution >= 0.6 is 0 Å². The van der Waals surface area contributed by atoms with E-state index in [0.29, 0.717) is 6.61 Å². The number of nitrogens with two attached hydrogens (primary N) is 1. The van der Waals surface area contributed by atoms with Gasteiger partial charge in [0.15, 0.2) is 0 Å². The Kier molecular flexibility index (Phi) is 36.3. The molecule has 0 heterocycles. The lowest BCUT2D eigenvalue weighted by atomic mass is 9.90. The molecule has 0 bridgehead atoms. The fourth-order valence-electron chi connectivity index (χ4n) is 1.76. The number of hydrogen-bond acceptors (Lipinski definition) is 3. The van der Waals surface area contributed by atoms with E-state index in [-0.39, 0.29) is 5.92 Å². The van der Waals surface area contributed by atoms with Crippen molar-refractivity contribution in [1.29, 1.82) is 0 Å². The van der Waals surface area contributed by atoms with Crippen LogP contribution < -0.4 is 5.73 Å². The maximum Gasteiger partial charge on any atom is 0.106 e. The molecule has 3 nitrogen and oxygen atoms in total. The molecule has 1 atom stereocenters. The maximum absolute atomic E-state index is 8.00. The van der Waals surface area contributed by atoms with Crippen LogP contribution in [0.15, 0.2) is 72.9 Å². The third kappa shape index (κ3) is 16.4. The minimum absolute atomic E-state index is 0.213. The van der Waals surface area contributed by atoms with Crippen LogP contribution in [0.25, 0.3) is 0 Å². The van der Waals surface area contributed by atoms with Gasteiger partial charge < -0.3 is 15.3 Å². The highest BCUT2D eigenvalue weighted by atomic mass is 16.5. The van der Waals surface area contributed by atoms with Crippen LogP contribution in [0.2, 0.25) is 0 Å². The van der Waals surface area contributed by atoms with Gasteiger partial charge in [0.25, 0.3) is 0 Å². The number of rotatable bonds is 8. The van der Waals surface area contributed by atoms with Crippen LogP contribution in [-0.2, 0) is 9.53 Å². The summed E-state index contributed by atoms with van der Waals surface area (Å²) in [5.74, 6) is 0.213. The third-order valence-electron chi connectivity index (χ3n) is 2.57. The van der Waals surface area contributed by atoms with Crippen molar-refractivity contribution in [3.63, 3.8) is 0 Å². The summed E-state index contributed by atoms with van der Waals surface area (Å²) in [6, 6.07) is 0. The molecule has 0 rings (SSSR count). The number of carbonyl (C=O) groups excluding carboxylic acids is 1. The van der Waals surface area contributed by atoms with E-state index in [0.717, 1.165) is 5.57 Å². The van der Waals surface area contributed by atoms with Gasteiger partial charge in [-0.1, -0.05) is 75.6 Å². The van der Waals surface area contributed by atoms with Crippen molar-refractivity contribution in [2.45, 2.75) is 27.7 Å². The zero-order valence-electron chi connectivity index (χ0n) is 16.4. The van der Waals surface area contributed by atoms with Crippen molar-refractivity contribution in [3.05, 3.63) is 72.9 Å². The molecule has 0 aromatic rings. The maximum atomic E-state index is 8.00. The van der Waals surface area contributed by atoms with Gasteiger partial charge in [0, 0.05) is 13.0 Å². The summed E-state index contributed by atoms with van der Waals surface area (Å²) in [7, 11) is 3.22. The van der Waals surface area contributed by atoms with Crippen molar-refractivity contribution in [1.82, 2.24) is 0 Å².